The van der Waals surface area contributed by atoms with E-state index in [0.717, 1.165) is 67.5 Å². The van der Waals surface area contributed by atoms with Gasteiger partial charge in [0.05, 0.1) is 30.6 Å². The fourth-order valence-corrected chi connectivity index (χ4v) is 5.74. The molecule has 40 heavy (non-hydrogen) atoms. The SMILES string of the molecule is COC[C@H](C)Nc1ncc2c(-c3cnn(C(C)(C)c4nnc([C@H]5CCCO5)o4)c3)cc([C@H]3CC[C@H](O)CC3)n2n1. The summed E-state index contributed by atoms with van der Waals surface area (Å²) in [5, 5.41) is 31.6. The maximum atomic E-state index is 10.1. The van der Waals surface area contributed by atoms with Crippen LogP contribution in [-0.2, 0) is 15.0 Å². The van der Waals surface area contributed by atoms with Gasteiger partial charge in [-0.15, -0.1) is 15.3 Å². The topological polar surface area (TPSA) is 138 Å². The largest absolute Gasteiger partial charge is 0.420 e. The standard InChI is InChI=1S/C28H38N8O4/c1-17(16-38-4)31-27-29-14-23-21(12-22(36(23)34-27)18-7-9-20(37)10-8-18)19-13-30-35(15-19)28(2,3)26-33-32-25(40-26)24-6-5-11-39-24/h12-15,17-18,20,24,37H,5-11,16H2,1-4H3,(H,31,34)/t17-,18-,20-,24+/m0/s1. The lowest BCUT2D eigenvalue weighted by molar-refractivity contribution is 0.0861. The van der Waals surface area contributed by atoms with Crippen molar-refractivity contribution in [1.29, 1.82) is 0 Å². The van der Waals surface area contributed by atoms with Gasteiger partial charge in [-0.1, -0.05) is 0 Å². The van der Waals surface area contributed by atoms with Crippen LogP contribution in [0.3, 0.4) is 0 Å². The van der Waals surface area contributed by atoms with Crippen LogP contribution in [0.25, 0.3) is 16.6 Å². The van der Waals surface area contributed by atoms with E-state index in [1.54, 1.807) is 7.11 Å². The summed E-state index contributed by atoms with van der Waals surface area (Å²) < 4.78 is 20.9. The van der Waals surface area contributed by atoms with Gasteiger partial charge in [-0.05, 0) is 65.4 Å². The fraction of sp³-hybridized carbons (Fsp3) is 0.607. The Kier molecular flexibility index (Phi) is 7.32. The van der Waals surface area contributed by atoms with Crippen molar-refractivity contribution in [3.05, 3.63) is 42.1 Å². The number of hydrogen-bond donors (Lipinski definition) is 2. The Bertz CT molecular complexity index is 1450. The Morgan fingerprint density at radius 3 is 2.75 bits per heavy atom. The van der Waals surface area contributed by atoms with Gasteiger partial charge in [-0.25, -0.2) is 9.50 Å². The molecule has 5 heterocycles. The molecule has 4 aromatic rings. The van der Waals surface area contributed by atoms with Gasteiger partial charge < -0.3 is 24.3 Å². The first-order chi connectivity index (χ1) is 19.3. The van der Waals surface area contributed by atoms with E-state index in [2.05, 4.69) is 26.6 Å². The van der Waals surface area contributed by atoms with Crippen LogP contribution in [0, 0.1) is 0 Å². The number of nitrogens with zero attached hydrogens (tertiary/aromatic N) is 7. The number of aliphatic hydroxyl groups is 1. The average molecular weight is 551 g/mol. The fourth-order valence-electron chi connectivity index (χ4n) is 5.74. The molecule has 4 aromatic heterocycles. The molecular weight excluding hydrogens is 512 g/mol. The van der Waals surface area contributed by atoms with E-state index in [1.807, 2.05) is 48.6 Å². The van der Waals surface area contributed by atoms with Crippen molar-refractivity contribution in [3.63, 3.8) is 0 Å². The van der Waals surface area contributed by atoms with Crippen molar-refractivity contribution in [2.24, 2.45) is 0 Å². The Balaban J connectivity index is 1.34. The summed E-state index contributed by atoms with van der Waals surface area (Å²) in [6.07, 6.45) is 10.7. The molecule has 1 aliphatic heterocycles. The summed E-state index contributed by atoms with van der Waals surface area (Å²) in [5.74, 6) is 1.85. The van der Waals surface area contributed by atoms with E-state index < -0.39 is 5.54 Å². The summed E-state index contributed by atoms with van der Waals surface area (Å²) >= 11 is 0. The maximum Gasteiger partial charge on any atom is 0.245 e. The van der Waals surface area contributed by atoms with Crippen molar-refractivity contribution in [1.82, 2.24) is 34.6 Å². The molecule has 2 fully saturated rings. The van der Waals surface area contributed by atoms with Crippen molar-refractivity contribution >= 4 is 11.5 Å². The first-order valence-electron chi connectivity index (χ1n) is 14.2. The molecule has 2 N–H and O–H groups in total. The maximum absolute atomic E-state index is 10.1. The number of aliphatic hydroxyl groups excluding tert-OH is 1. The molecule has 0 aromatic carbocycles. The number of nitrogens with one attached hydrogen (secondary N) is 1. The van der Waals surface area contributed by atoms with Gasteiger partial charge in [0.15, 0.2) is 0 Å². The molecule has 12 nitrogen and oxygen atoms in total. The molecule has 6 rings (SSSR count). The van der Waals surface area contributed by atoms with Gasteiger partial charge in [0.2, 0.25) is 17.7 Å². The monoisotopic (exact) mass is 550 g/mol. The summed E-state index contributed by atoms with van der Waals surface area (Å²) in [6, 6.07) is 2.27. The van der Waals surface area contributed by atoms with Gasteiger partial charge >= 0.3 is 0 Å². The van der Waals surface area contributed by atoms with Gasteiger partial charge in [0, 0.05) is 48.7 Å². The van der Waals surface area contributed by atoms with E-state index >= 15 is 0 Å². The second-order valence-corrected chi connectivity index (χ2v) is 11.5. The average Bonchev–Trinajstić information content (AvgIpc) is 3.75. The van der Waals surface area contributed by atoms with Crippen LogP contribution in [-0.4, -0.2) is 72.2 Å². The lowest BCUT2D eigenvalue weighted by Crippen LogP contribution is -2.28. The molecular formula is C28H38N8O4. The van der Waals surface area contributed by atoms with Crippen LogP contribution in [0.2, 0.25) is 0 Å². The molecule has 0 amide bonds. The zero-order valence-corrected chi connectivity index (χ0v) is 23.6. The van der Waals surface area contributed by atoms with Crippen molar-refractivity contribution in [2.75, 3.05) is 25.6 Å². The van der Waals surface area contributed by atoms with E-state index in [9.17, 15) is 5.11 Å². The number of methoxy groups -OCH3 is 1. The van der Waals surface area contributed by atoms with Crippen molar-refractivity contribution < 1.29 is 19.0 Å². The Labute approximate surface area is 233 Å². The number of aromatic nitrogens is 7. The quantitative estimate of drug-likeness (QED) is 0.314. The molecule has 2 aliphatic rings. The summed E-state index contributed by atoms with van der Waals surface area (Å²) in [7, 11) is 1.68. The number of rotatable bonds is 9. The molecule has 2 atom stereocenters. The molecule has 0 unspecified atom stereocenters. The molecule has 1 saturated heterocycles. The van der Waals surface area contributed by atoms with E-state index in [4.69, 9.17) is 24.1 Å². The minimum atomic E-state index is -0.662. The van der Waals surface area contributed by atoms with Gasteiger partial charge in [0.25, 0.3) is 0 Å². The van der Waals surface area contributed by atoms with Crippen LogP contribution in [0.4, 0.5) is 5.95 Å². The van der Waals surface area contributed by atoms with Crippen molar-refractivity contribution in [2.45, 2.75) is 89.0 Å². The molecule has 214 valence electrons. The predicted molar refractivity (Wildman–Crippen MR) is 147 cm³/mol. The number of hydrogen-bond acceptors (Lipinski definition) is 10. The first kappa shape index (κ1) is 26.9. The lowest BCUT2D eigenvalue weighted by Gasteiger charge is -2.25. The van der Waals surface area contributed by atoms with E-state index in [-0.39, 0.29) is 18.2 Å². The third-order valence-corrected chi connectivity index (χ3v) is 8.09. The second-order valence-electron chi connectivity index (χ2n) is 11.5. The highest BCUT2D eigenvalue weighted by Crippen LogP contribution is 2.38. The molecule has 0 spiro atoms. The Hall–Kier alpha value is -3.35. The molecule has 12 heteroatoms. The van der Waals surface area contributed by atoms with E-state index in [0.29, 0.717) is 30.3 Å². The van der Waals surface area contributed by atoms with Crippen LogP contribution in [0.15, 0.2) is 29.1 Å². The number of fused-ring (bicyclic) bond motifs is 1. The third kappa shape index (κ3) is 5.11. The Morgan fingerprint density at radius 1 is 1.18 bits per heavy atom. The highest BCUT2D eigenvalue weighted by molar-refractivity contribution is 5.81. The smallest absolute Gasteiger partial charge is 0.245 e. The third-order valence-electron chi connectivity index (χ3n) is 8.09. The molecule has 1 saturated carbocycles. The summed E-state index contributed by atoms with van der Waals surface area (Å²) in [5.41, 5.74) is 3.31. The molecule has 1 aliphatic carbocycles. The van der Waals surface area contributed by atoms with Crippen LogP contribution in [0.1, 0.15) is 88.8 Å². The summed E-state index contributed by atoms with van der Waals surface area (Å²) in [4.78, 5) is 4.62. The first-order valence-corrected chi connectivity index (χ1v) is 14.2. The van der Waals surface area contributed by atoms with Gasteiger partial charge in [-0.2, -0.15) is 5.10 Å². The number of anilines is 1. The Morgan fingerprint density at radius 2 is 2.00 bits per heavy atom. The number of ether oxygens (including phenoxy) is 2. The predicted octanol–water partition coefficient (Wildman–Crippen LogP) is 4.08. The van der Waals surface area contributed by atoms with Gasteiger partial charge in [-0.3, -0.25) is 4.68 Å². The lowest BCUT2D eigenvalue weighted by atomic mass is 9.85. The normalized spacial score (nSPS) is 22.7. The second kappa shape index (κ2) is 10.9. The van der Waals surface area contributed by atoms with Crippen LogP contribution < -0.4 is 5.32 Å². The van der Waals surface area contributed by atoms with Crippen LogP contribution >= 0.6 is 0 Å². The minimum absolute atomic E-state index is 0.0664. The minimum Gasteiger partial charge on any atom is -0.420 e. The molecule has 0 bridgehead atoms. The molecule has 0 radical (unpaired) electrons. The zero-order chi connectivity index (χ0) is 27.9. The van der Waals surface area contributed by atoms with E-state index in [1.165, 1.54) is 0 Å². The highest BCUT2D eigenvalue weighted by atomic mass is 16.5. The highest BCUT2D eigenvalue weighted by Gasteiger charge is 2.33. The van der Waals surface area contributed by atoms with Crippen LogP contribution in [0.5, 0.6) is 0 Å². The van der Waals surface area contributed by atoms with Crippen molar-refractivity contribution in [3.8, 4) is 11.1 Å². The summed E-state index contributed by atoms with van der Waals surface area (Å²) in [6.45, 7) is 7.32. The van der Waals surface area contributed by atoms with Gasteiger partial charge in [0.1, 0.15) is 11.6 Å². The zero-order valence-electron chi connectivity index (χ0n) is 23.6.